The normalized spacial score (nSPS) is 30.4. The van der Waals surface area contributed by atoms with Crippen molar-refractivity contribution in [3.63, 3.8) is 0 Å². The van der Waals surface area contributed by atoms with Crippen LogP contribution in [-0.4, -0.2) is 0 Å². The number of ether oxygens (including phenoxy) is 1. The van der Waals surface area contributed by atoms with E-state index in [0.29, 0.717) is 0 Å². The molecule has 1 nitrogen and oxygen atoms in total. The molecule has 19 heavy (non-hydrogen) atoms. The van der Waals surface area contributed by atoms with E-state index >= 15 is 0 Å². The van der Waals surface area contributed by atoms with Crippen LogP contribution in [0, 0.1) is 0 Å². The van der Waals surface area contributed by atoms with Crippen LogP contribution in [0.15, 0.2) is 60.7 Å². The summed E-state index contributed by atoms with van der Waals surface area (Å²) in [4.78, 5) is 0. The van der Waals surface area contributed by atoms with Crippen molar-refractivity contribution in [2.24, 2.45) is 0 Å². The van der Waals surface area contributed by atoms with E-state index in [2.05, 4.69) is 74.5 Å². The second-order valence-corrected chi connectivity index (χ2v) is 5.80. The molecule has 2 unspecified atom stereocenters. The van der Waals surface area contributed by atoms with E-state index in [1.807, 2.05) is 0 Å². The Morgan fingerprint density at radius 1 is 0.684 bits per heavy atom. The number of rotatable bonds is 2. The lowest BCUT2D eigenvalue weighted by Crippen LogP contribution is -2.27. The fourth-order valence-corrected chi connectivity index (χ4v) is 3.06. The van der Waals surface area contributed by atoms with Crippen molar-refractivity contribution < 1.29 is 4.74 Å². The van der Waals surface area contributed by atoms with Crippen molar-refractivity contribution in [1.29, 1.82) is 0 Å². The Morgan fingerprint density at radius 2 is 1.05 bits per heavy atom. The third-order valence-corrected chi connectivity index (χ3v) is 4.30. The van der Waals surface area contributed by atoms with Crippen LogP contribution >= 0.6 is 0 Å². The van der Waals surface area contributed by atoms with Crippen LogP contribution in [0.5, 0.6) is 0 Å². The fourth-order valence-electron chi connectivity index (χ4n) is 3.06. The highest BCUT2D eigenvalue weighted by molar-refractivity contribution is 5.28. The standard InChI is InChI=1S/C18H20O/c1-17(15-9-5-3-6-10-15)13-14-18(2,19-17)16-11-7-4-8-12-16/h3-12H,13-14H2,1-2H3. The molecule has 2 atom stereocenters. The third-order valence-electron chi connectivity index (χ3n) is 4.30. The molecule has 2 aromatic carbocycles. The topological polar surface area (TPSA) is 9.23 Å². The molecule has 0 aliphatic carbocycles. The van der Waals surface area contributed by atoms with E-state index in [1.54, 1.807) is 0 Å². The van der Waals surface area contributed by atoms with Gasteiger partial charge in [-0.2, -0.15) is 0 Å². The molecule has 1 saturated heterocycles. The average molecular weight is 252 g/mol. The summed E-state index contributed by atoms with van der Waals surface area (Å²) < 4.78 is 6.51. The number of hydrogen-bond acceptors (Lipinski definition) is 1. The molecule has 3 rings (SSSR count). The van der Waals surface area contributed by atoms with Crippen LogP contribution in [0.2, 0.25) is 0 Å². The molecular weight excluding hydrogens is 232 g/mol. The Balaban J connectivity index is 1.92. The summed E-state index contributed by atoms with van der Waals surface area (Å²) in [6, 6.07) is 21.1. The molecule has 0 saturated carbocycles. The van der Waals surface area contributed by atoms with Gasteiger partial charge in [0.15, 0.2) is 0 Å². The Morgan fingerprint density at radius 3 is 1.42 bits per heavy atom. The van der Waals surface area contributed by atoms with E-state index < -0.39 is 0 Å². The second-order valence-electron chi connectivity index (χ2n) is 5.80. The SMILES string of the molecule is CC1(c2ccccc2)CCC(C)(c2ccccc2)O1. The molecule has 98 valence electrons. The van der Waals surface area contributed by atoms with E-state index in [1.165, 1.54) is 11.1 Å². The van der Waals surface area contributed by atoms with Crippen molar-refractivity contribution >= 4 is 0 Å². The summed E-state index contributed by atoms with van der Waals surface area (Å²) in [6.07, 6.45) is 2.12. The van der Waals surface area contributed by atoms with Gasteiger partial charge >= 0.3 is 0 Å². The van der Waals surface area contributed by atoms with Gasteiger partial charge in [0, 0.05) is 0 Å². The quantitative estimate of drug-likeness (QED) is 0.757. The maximum absolute atomic E-state index is 6.51. The van der Waals surface area contributed by atoms with E-state index in [4.69, 9.17) is 4.74 Å². The van der Waals surface area contributed by atoms with Gasteiger partial charge in [0.2, 0.25) is 0 Å². The van der Waals surface area contributed by atoms with Gasteiger partial charge in [-0.15, -0.1) is 0 Å². The average Bonchev–Trinajstić information content (AvgIpc) is 2.80. The zero-order valence-corrected chi connectivity index (χ0v) is 11.6. The number of benzene rings is 2. The highest BCUT2D eigenvalue weighted by Gasteiger charge is 2.45. The smallest absolute Gasteiger partial charge is 0.0916 e. The minimum atomic E-state index is -0.175. The third kappa shape index (κ3) is 2.19. The lowest BCUT2D eigenvalue weighted by Gasteiger charge is -2.31. The molecule has 0 radical (unpaired) electrons. The van der Waals surface area contributed by atoms with E-state index in [-0.39, 0.29) is 11.2 Å². The monoisotopic (exact) mass is 252 g/mol. The first-order valence-corrected chi connectivity index (χ1v) is 6.94. The summed E-state index contributed by atoms with van der Waals surface area (Å²) in [5.74, 6) is 0. The molecule has 0 amide bonds. The fraction of sp³-hybridized carbons (Fsp3) is 0.333. The molecule has 1 aliphatic rings. The molecule has 1 aliphatic heterocycles. The largest absolute Gasteiger partial charge is 0.360 e. The van der Waals surface area contributed by atoms with Crippen LogP contribution in [-0.2, 0) is 15.9 Å². The molecule has 0 spiro atoms. The first kappa shape index (κ1) is 12.4. The first-order chi connectivity index (χ1) is 9.12. The minimum absolute atomic E-state index is 0.175. The van der Waals surface area contributed by atoms with Gasteiger partial charge in [-0.3, -0.25) is 0 Å². The van der Waals surface area contributed by atoms with E-state index in [0.717, 1.165) is 12.8 Å². The van der Waals surface area contributed by atoms with Crippen molar-refractivity contribution in [3.8, 4) is 0 Å². The van der Waals surface area contributed by atoms with Gasteiger partial charge in [0.25, 0.3) is 0 Å². The highest BCUT2D eigenvalue weighted by atomic mass is 16.5. The van der Waals surface area contributed by atoms with Crippen molar-refractivity contribution in [2.45, 2.75) is 37.9 Å². The van der Waals surface area contributed by atoms with Gasteiger partial charge < -0.3 is 4.74 Å². The number of hydrogen-bond donors (Lipinski definition) is 0. The molecule has 1 heterocycles. The maximum atomic E-state index is 6.51. The zero-order valence-electron chi connectivity index (χ0n) is 11.6. The summed E-state index contributed by atoms with van der Waals surface area (Å²) in [5.41, 5.74) is 2.20. The molecule has 0 N–H and O–H groups in total. The maximum Gasteiger partial charge on any atom is 0.0916 e. The summed E-state index contributed by atoms with van der Waals surface area (Å²) in [7, 11) is 0. The summed E-state index contributed by atoms with van der Waals surface area (Å²) >= 11 is 0. The molecule has 1 fully saturated rings. The lowest BCUT2D eigenvalue weighted by atomic mass is 9.89. The van der Waals surface area contributed by atoms with Gasteiger partial charge in [0.05, 0.1) is 11.2 Å². The van der Waals surface area contributed by atoms with Crippen LogP contribution in [0.4, 0.5) is 0 Å². The summed E-state index contributed by atoms with van der Waals surface area (Å²) in [5, 5.41) is 0. The first-order valence-electron chi connectivity index (χ1n) is 6.94. The van der Waals surface area contributed by atoms with Gasteiger partial charge in [-0.1, -0.05) is 60.7 Å². The molecule has 2 aromatic rings. The predicted molar refractivity (Wildman–Crippen MR) is 77.9 cm³/mol. The minimum Gasteiger partial charge on any atom is -0.360 e. The van der Waals surface area contributed by atoms with Crippen molar-refractivity contribution in [1.82, 2.24) is 0 Å². The van der Waals surface area contributed by atoms with Gasteiger partial charge in [-0.05, 0) is 37.8 Å². The molecule has 0 aromatic heterocycles. The Hall–Kier alpha value is -1.60. The van der Waals surface area contributed by atoms with Gasteiger partial charge in [0.1, 0.15) is 0 Å². The Kier molecular flexibility index (Phi) is 2.94. The van der Waals surface area contributed by atoms with Crippen molar-refractivity contribution in [2.75, 3.05) is 0 Å². The van der Waals surface area contributed by atoms with Crippen LogP contribution in [0.3, 0.4) is 0 Å². The lowest BCUT2D eigenvalue weighted by molar-refractivity contribution is -0.0938. The van der Waals surface area contributed by atoms with Gasteiger partial charge in [-0.25, -0.2) is 0 Å². The highest BCUT2D eigenvalue weighted by Crippen LogP contribution is 2.48. The van der Waals surface area contributed by atoms with Crippen LogP contribution < -0.4 is 0 Å². The van der Waals surface area contributed by atoms with Crippen LogP contribution in [0.25, 0.3) is 0 Å². The second kappa shape index (κ2) is 4.50. The summed E-state index contributed by atoms with van der Waals surface area (Å²) in [6.45, 7) is 4.41. The zero-order chi connectivity index (χ0) is 13.3. The molecule has 0 bridgehead atoms. The predicted octanol–water partition coefficient (Wildman–Crippen LogP) is 4.63. The Labute approximate surface area is 115 Å². The molecular formula is C18H20O. The molecule has 1 heteroatoms. The Bertz CT molecular complexity index is 497. The van der Waals surface area contributed by atoms with Crippen LogP contribution in [0.1, 0.15) is 37.8 Å². The van der Waals surface area contributed by atoms with E-state index in [9.17, 15) is 0 Å². The van der Waals surface area contributed by atoms with Crippen molar-refractivity contribution in [3.05, 3.63) is 71.8 Å².